The molecule has 1 aromatic heterocycles. The first-order valence-electron chi connectivity index (χ1n) is 6.37. The van der Waals surface area contributed by atoms with Crippen LogP contribution in [0.25, 0.3) is 0 Å². The van der Waals surface area contributed by atoms with Crippen LogP contribution in [0.5, 0.6) is 0 Å². The van der Waals surface area contributed by atoms with Crippen molar-refractivity contribution >= 4 is 28.9 Å². The summed E-state index contributed by atoms with van der Waals surface area (Å²) in [7, 11) is 1.36. The summed E-state index contributed by atoms with van der Waals surface area (Å²) in [6.07, 6.45) is 0.229. The summed E-state index contributed by atoms with van der Waals surface area (Å²) in [6.45, 7) is 0.438. The molecule has 0 fully saturated rings. The first-order chi connectivity index (χ1) is 10.1. The van der Waals surface area contributed by atoms with Crippen molar-refractivity contribution in [3.8, 4) is 0 Å². The third-order valence-corrected chi connectivity index (χ3v) is 4.31. The van der Waals surface area contributed by atoms with E-state index < -0.39 is 5.82 Å². The maximum absolute atomic E-state index is 13.4. The van der Waals surface area contributed by atoms with Crippen molar-refractivity contribution in [3.05, 3.63) is 57.0 Å². The molecule has 0 spiro atoms. The average molecular weight is 328 g/mol. The first kappa shape index (κ1) is 15.9. The van der Waals surface area contributed by atoms with Gasteiger partial charge in [0.15, 0.2) is 0 Å². The number of esters is 1. The van der Waals surface area contributed by atoms with Crippen molar-refractivity contribution in [1.29, 1.82) is 0 Å². The minimum atomic E-state index is -0.448. The van der Waals surface area contributed by atoms with Crippen molar-refractivity contribution in [3.63, 3.8) is 0 Å². The molecular formula is C15H15ClFNO2S. The molecule has 1 heterocycles. The number of hydrogen-bond donors (Lipinski definition) is 1. The summed E-state index contributed by atoms with van der Waals surface area (Å²) >= 11 is 7.22. The summed E-state index contributed by atoms with van der Waals surface area (Å²) < 4.78 is 18.1. The minimum absolute atomic E-state index is 0.100. The van der Waals surface area contributed by atoms with E-state index in [1.54, 1.807) is 17.4 Å². The molecule has 1 aromatic carbocycles. The Morgan fingerprint density at radius 3 is 2.90 bits per heavy atom. The summed E-state index contributed by atoms with van der Waals surface area (Å²) in [6, 6.07) is 8.38. The number of carbonyl (C=O) groups excluding carboxylic acids is 1. The Hall–Kier alpha value is -1.43. The van der Waals surface area contributed by atoms with Crippen molar-refractivity contribution < 1.29 is 13.9 Å². The zero-order chi connectivity index (χ0) is 15.2. The van der Waals surface area contributed by atoms with Crippen LogP contribution in [0, 0.1) is 5.82 Å². The average Bonchev–Trinajstić information content (AvgIpc) is 3.00. The van der Waals surface area contributed by atoms with Gasteiger partial charge in [-0.15, -0.1) is 11.3 Å². The number of hydrogen-bond acceptors (Lipinski definition) is 4. The molecular weight excluding hydrogens is 313 g/mol. The van der Waals surface area contributed by atoms with Crippen molar-refractivity contribution in [2.45, 2.75) is 19.0 Å². The molecule has 6 heteroatoms. The molecule has 2 rings (SSSR count). The lowest BCUT2D eigenvalue weighted by atomic mass is 10.1. The van der Waals surface area contributed by atoms with Crippen molar-refractivity contribution in [2.24, 2.45) is 0 Å². The maximum atomic E-state index is 13.4. The summed E-state index contributed by atoms with van der Waals surface area (Å²) in [5.41, 5.74) is 0.767. The zero-order valence-corrected chi connectivity index (χ0v) is 13.0. The van der Waals surface area contributed by atoms with Gasteiger partial charge in [-0.25, -0.2) is 4.39 Å². The van der Waals surface area contributed by atoms with Crippen molar-refractivity contribution in [1.82, 2.24) is 5.32 Å². The predicted octanol–water partition coefficient (Wildman–Crippen LogP) is 3.93. The number of carbonyl (C=O) groups is 1. The van der Waals surface area contributed by atoms with Crippen molar-refractivity contribution in [2.75, 3.05) is 7.11 Å². The van der Waals surface area contributed by atoms with Crippen LogP contribution < -0.4 is 5.32 Å². The highest BCUT2D eigenvalue weighted by Gasteiger charge is 2.17. The maximum Gasteiger partial charge on any atom is 0.307 e. The number of benzene rings is 1. The molecule has 3 nitrogen and oxygen atoms in total. The lowest BCUT2D eigenvalue weighted by Crippen LogP contribution is -2.23. The fraction of sp³-hybridized carbons (Fsp3) is 0.267. The van der Waals surface area contributed by atoms with Crippen LogP contribution >= 0.6 is 22.9 Å². The molecule has 0 aliphatic carbocycles. The van der Waals surface area contributed by atoms with Gasteiger partial charge in [0.25, 0.3) is 0 Å². The first-order valence-corrected chi connectivity index (χ1v) is 7.63. The van der Waals surface area contributed by atoms with E-state index in [0.717, 1.165) is 10.4 Å². The zero-order valence-electron chi connectivity index (χ0n) is 11.4. The van der Waals surface area contributed by atoms with Crippen LogP contribution in [0.3, 0.4) is 0 Å². The Morgan fingerprint density at radius 1 is 1.48 bits per heavy atom. The topological polar surface area (TPSA) is 38.3 Å². The van der Waals surface area contributed by atoms with Crippen LogP contribution in [-0.4, -0.2) is 13.1 Å². The molecule has 2 aromatic rings. The molecule has 0 saturated heterocycles. The van der Waals surface area contributed by atoms with Crippen LogP contribution in [0.4, 0.5) is 4.39 Å². The van der Waals surface area contributed by atoms with E-state index in [-0.39, 0.29) is 23.5 Å². The number of thiophene rings is 1. The normalized spacial score (nSPS) is 12.1. The van der Waals surface area contributed by atoms with Gasteiger partial charge in [0.1, 0.15) is 5.82 Å². The quantitative estimate of drug-likeness (QED) is 0.817. The lowest BCUT2D eigenvalue weighted by molar-refractivity contribution is -0.141. The third kappa shape index (κ3) is 4.52. The Balaban J connectivity index is 2.04. The van der Waals surface area contributed by atoms with Crippen LogP contribution in [0.15, 0.2) is 35.7 Å². The standard InChI is InChI=1S/C15H15ClFNO2S/c1-20-15(19)8-13(14-3-2-6-21-14)18-9-10-4-5-11(16)12(17)7-10/h2-7,13,18H,8-9H2,1H3. The van der Waals surface area contributed by atoms with Gasteiger partial charge >= 0.3 is 5.97 Å². The second-order valence-corrected chi connectivity index (χ2v) is 5.86. The summed E-state index contributed by atoms with van der Waals surface area (Å²) in [5, 5.41) is 5.30. The van der Waals surface area contributed by atoms with E-state index >= 15 is 0 Å². The van der Waals surface area contributed by atoms with Gasteiger partial charge in [0, 0.05) is 11.4 Å². The molecule has 0 radical (unpaired) electrons. The number of nitrogens with one attached hydrogen (secondary N) is 1. The Morgan fingerprint density at radius 2 is 2.29 bits per heavy atom. The van der Waals surface area contributed by atoms with E-state index in [1.165, 1.54) is 19.2 Å². The van der Waals surface area contributed by atoms with Gasteiger partial charge in [-0.05, 0) is 29.1 Å². The minimum Gasteiger partial charge on any atom is -0.469 e. The Bertz CT molecular complexity index is 604. The molecule has 0 saturated carbocycles. The monoisotopic (exact) mass is 327 g/mol. The predicted molar refractivity (Wildman–Crippen MR) is 81.9 cm³/mol. The second-order valence-electron chi connectivity index (χ2n) is 4.48. The van der Waals surface area contributed by atoms with Gasteiger partial charge in [-0.2, -0.15) is 0 Å². The molecule has 21 heavy (non-hydrogen) atoms. The Kier molecular flexibility index (Phi) is 5.73. The fourth-order valence-electron chi connectivity index (χ4n) is 1.90. The van der Waals surface area contributed by atoms with E-state index in [9.17, 15) is 9.18 Å². The lowest BCUT2D eigenvalue weighted by Gasteiger charge is -2.16. The molecule has 0 amide bonds. The fourth-order valence-corrected chi connectivity index (χ4v) is 2.82. The van der Waals surface area contributed by atoms with Crippen LogP contribution in [0.2, 0.25) is 5.02 Å². The molecule has 112 valence electrons. The smallest absolute Gasteiger partial charge is 0.307 e. The van der Waals surface area contributed by atoms with Crippen LogP contribution in [-0.2, 0) is 16.1 Å². The molecule has 0 aliphatic heterocycles. The van der Waals surface area contributed by atoms with Gasteiger partial charge in [-0.1, -0.05) is 23.7 Å². The second kappa shape index (κ2) is 7.54. The van der Waals surface area contributed by atoms with Gasteiger partial charge in [0.05, 0.1) is 24.6 Å². The highest BCUT2D eigenvalue weighted by molar-refractivity contribution is 7.10. The molecule has 0 aliphatic rings. The van der Waals surface area contributed by atoms with Gasteiger partial charge in [0.2, 0.25) is 0 Å². The molecule has 0 bridgehead atoms. The third-order valence-electron chi connectivity index (χ3n) is 3.02. The molecule has 1 N–H and O–H groups in total. The van der Waals surface area contributed by atoms with E-state index in [0.29, 0.717) is 6.54 Å². The highest BCUT2D eigenvalue weighted by atomic mass is 35.5. The highest BCUT2D eigenvalue weighted by Crippen LogP contribution is 2.23. The number of halogens is 2. The van der Waals surface area contributed by atoms with Gasteiger partial charge in [-0.3, -0.25) is 4.79 Å². The van der Waals surface area contributed by atoms with E-state index in [2.05, 4.69) is 5.32 Å². The van der Waals surface area contributed by atoms with Crippen LogP contribution in [0.1, 0.15) is 22.9 Å². The SMILES string of the molecule is COC(=O)CC(NCc1ccc(Cl)c(F)c1)c1cccs1. The summed E-state index contributed by atoms with van der Waals surface area (Å²) in [5.74, 6) is -0.736. The molecule has 1 atom stereocenters. The van der Waals surface area contributed by atoms with E-state index in [1.807, 2.05) is 17.5 Å². The van der Waals surface area contributed by atoms with Gasteiger partial charge < -0.3 is 10.1 Å². The number of methoxy groups -OCH3 is 1. The summed E-state index contributed by atoms with van der Waals surface area (Å²) in [4.78, 5) is 12.5. The molecule has 1 unspecified atom stereocenters. The largest absolute Gasteiger partial charge is 0.469 e. The Labute approximate surface area is 131 Å². The number of ether oxygens (including phenoxy) is 1. The number of rotatable bonds is 6. The van der Waals surface area contributed by atoms with E-state index in [4.69, 9.17) is 16.3 Å².